The number of piperidine rings is 1. The first-order valence-corrected chi connectivity index (χ1v) is 11.4. The van der Waals surface area contributed by atoms with Gasteiger partial charge in [0.1, 0.15) is 5.82 Å². The largest absolute Gasteiger partial charge is 0.332 e. The molecule has 1 fully saturated rings. The number of likely N-dealkylation sites (tertiary alicyclic amines) is 1. The van der Waals surface area contributed by atoms with E-state index in [0.717, 1.165) is 4.90 Å². The molecular formula is C20H28FN3O5S. The molecule has 0 bridgehead atoms. The van der Waals surface area contributed by atoms with Crippen LogP contribution in [0.15, 0.2) is 12.1 Å². The average molecular weight is 442 g/mol. The second-order valence-corrected chi connectivity index (χ2v) is 9.87. The fourth-order valence-electron chi connectivity index (χ4n) is 3.49. The van der Waals surface area contributed by atoms with Crippen molar-refractivity contribution < 1.29 is 27.2 Å². The average Bonchev–Trinajstić information content (AvgIpc) is 2.61. The van der Waals surface area contributed by atoms with Crippen molar-refractivity contribution in [1.82, 2.24) is 9.62 Å². The van der Waals surface area contributed by atoms with Gasteiger partial charge in [0.05, 0.1) is 0 Å². The standard InChI is InChI=1S/C20H28FN3O5S/c1-11(2)15-9-14(21)10-16(12(3)4)18(15)22-20(27)23-30(28,29)17-7-6-8-24(13(5)25)19(17)26/h9-12,17H,6-8H2,1-5H3,(H2,22,23,27). The normalized spacial score (nSPS) is 17.4. The lowest BCUT2D eigenvalue weighted by atomic mass is 9.92. The molecule has 1 atom stereocenters. The molecule has 1 aliphatic rings. The monoisotopic (exact) mass is 441 g/mol. The Hall–Kier alpha value is -2.49. The van der Waals surface area contributed by atoms with Crippen molar-refractivity contribution in [3.63, 3.8) is 0 Å². The van der Waals surface area contributed by atoms with Gasteiger partial charge in [-0.3, -0.25) is 14.5 Å². The van der Waals surface area contributed by atoms with Crippen LogP contribution >= 0.6 is 0 Å². The highest BCUT2D eigenvalue weighted by molar-refractivity contribution is 7.91. The van der Waals surface area contributed by atoms with Crippen LogP contribution in [0.25, 0.3) is 0 Å². The zero-order valence-electron chi connectivity index (χ0n) is 17.8. The summed E-state index contributed by atoms with van der Waals surface area (Å²) in [7, 11) is -4.37. The lowest BCUT2D eigenvalue weighted by Gasteiger charge is -2.29. The van der Waals surface area contributed by atoms with Crippen LogP contribution in [0.5, 0.6) is 0 Å². The van der Waals surface area contributed by atoms with E-state index >= 15 is 0 Å². The molecule has 0 aromatic heterocycles. The van der Waals surface area contributed by atoms with Gasteiger partial charge in [0.15, 0.2) is 5.25 Å². The van der Waals surface area contributed by atoms with Crippen LogP contribution in [0.4, 0.5) is 14.9 Å². The number of carbonyl (C=O) groups excluding carboxylic acids is 3. The van der Waals surface area contributed by atoms with Gasteiger partial charge in [-0.15, -0.1) is 0 Å². The molecule has 0 aliphatic carbocycles. The Morgan fingerprint density at radius 3 is 2.13 bits per heavy atom. The molecule has 4 amide bonds. The lowest BCUT2D eigenvalue weighted by molar-refractivity contribution is -0.144. The number of urea groups is 1. The zero-order valence-corrected chi connectivity index (χ0v) is 18.6. The maximum Gasteiger partial charge on any atom is 0.332 e. The van der Waals surface area contributed by atoms with E-state index in [0.29, 0.717) is 23.2 Å². The fraction of sp³-hybridized carbons (Fsp3) is 0.550. The van der Waals surface area contributed by atoms with E-state index in [1.165, 1.54) is 19.1 Å². The Bertz CT molecular complexity index is 930. The van der Waals surface area contributed by atoms with E-state index < -0.39 is 38.9 Å². The molecule has 166 valence electrons. The van der Waals surface area contributed by atoms with Crippen molar-refractivity contribution in [3.05, 3.63) is 29.1 Å². The van der Waals surface area contributed by atoms with Gasteiger partial charge in [0.2, 0.25) is 21.8 Å². The van der Waals surface area contributed by atoms with Crippen molar-refractivity contribution in [1.29, 1.82) is 0 Å². The summed E-state index contributed by atoms with van der Waals surface area (Å²) in [5.74, 6) is -2.10. The number of imide groups is 1. The van der Waals surface area contributed by atoms with Crippen LogP contribution in [0.3, 0.4) is 0 Å². The Morgan fingerprint density at radius 1 is 1.13 bits per heavy atom. The van der Waals surface area contributed by atoms with Gasteiger partial charge in [-0.1, -0.05) is 27.7 Å². The highest BCUT2D eigenvalue weighted by Crippen LogP contribution is 2.33. The van der Waals surface area contributed by atoms with Crippen LogP contribution in [-0.4, -0.2) is 43.0 Å². The van der Waals surface area contributed by atoms with Crippen molar-refractivity contribution in [2.75, 3.05) is 11.9 Å². The summed E-state index contributed by atoms with van der Waals surface area (Å²) in [4.78, 5) is 37.4. The molecular weight excluding hydrogens is 413 g/mol. The third kappa shape index (κ3) is 5.16. The summed E-state index contributed by atoms with van der Waals surface area (Å²) in [5, 5.41) is 1.00. The fourth-order valence-corrected chi connectivity index (χ4v) is 4.81. The first-order valence-electron chi connectivity index (χ1n) is 9.83. The van der Waals surface area contributed by atoms with Gasteiger partial charge >= 0.3 is 6.03 Å². The first kappa shape index (κ1) is 23.8. The molecule has 0 saturated carbocycles. The summed E-state index contributed by atoms with van der Waals surface area (Å²) < 4.78 is 41.2. The van der Waals surface area contributed by atoms with E-state index in [1.54, 1.807) is 0 Å². The van der Waals surface area contributed by atoms with Crippen LogP contribution in [0.1, 0.15) is 70.4 Å². The minimum Gasteiger partial charge on any atom is -0.307 e. The second-order valence-electron chi connectivity index (χ2n) is 8.01. The van der Waals surface area contributed by atoms with Crippen LogP contribution in [-0.2, 0) is 19.6 Å². The van der Waals surface area contributed by atoms with Crippen molar-refractivity contribution in [2.45, 2.75) is 64.5 Å². The molecule has 1 aromatic rings. The number of nitrogens with one attached hydrogen (secondary N) is 2. The van der Waals surface area contributed by atoms with Gasteiger partial charge in [-0.05, 0) is 47.9 Å². The topological polar surface area (TPSA) is 113 Å². The number of hydrogen-bond donors (Lipinski definition) is 2. The summed E-state index contributed by atoms with van der Waals surface area (Å²) in [6, 6.07) is 1.56. The van der Waals surface area contributed by atoms with Gasteiger partial charge in [-0.2, -0.15) is 0 Å². The van der Waals surface area contributed by atoms with E-state index in [2.05, 4.69) is 5.32 Å². The number of amides is 4. The van der Waals surface area contributed by atoms with Crippen LogP contribution in [0.2, 0.25) is 0 Å². The van der Waals surface area contributed by atoms with Crippen LogP contribution < -0.4 is 10.0 Å². The third-order valence-electron chi connectivity index (χ3n) is 5.03. The van der Waals surface area contributed by atoms with E-state index in [1.807, 2.05) is 32.4 Å². The Balaban J connectivity index is 2.29. The lowest BCUT2D eigenvalue weighted by Crippen LogP contribution is -2.53. The van der Waals surface area contributed by atoms with Crippen molar-refractivity contribution in [2.24, 2.45) is 0 Å². The van der Waals surface area contributed by atoms with Crippen molar-refractivity contribution in [3.8, 4) is 0 Å². The molecule has 8 nitrogen and oxygen atoms in total. The van der Waals surface area contributed by atoms with Gasteiger partial charge in [0.25, 0.3) is 0 Å². The number of anilines is 1. The van der Waals surface area contributed by atoms with Gasteiger partial charge < -0.3 is 5.32 Å². The molecule has 1 saturated heterocycles. The predicted octanol–water partition coefficient (Wildman–Crippen LogP) is 3.06. The number of sulfonamides is 1. The number of halogens is 1. The Labute approximate surface area is 176 Å². The number of carbonyl (C=O) groups is 3. The quantitative estimate of drug-likeness (QED) is 0.729. The number of nitrogens with zero attached hydrogens (tertiary/aromatic N) is 1. The molecule has 1 unspecified atom stereocenters. The summed E-state index contributed by atoms with van der Waals surface area (Å²) in [6.45, 7) is 8.65. The molecule has 1 aliphatic heterocycles. The third-order valence-corrected chi connectivity index (χ3v) is 6.68. The Kier molecular flexibility index (Phi) is 7.23. The second kappa shape index (κ2) is 9.11. The molecule has 0 radical (unpaired) electrons. The first-order chi connectivity index (χ1) is 13.8. The smallest absolute Gasteiger partial charge is 0.307 e. The predicted molar refractivity (Wildman–Crippen MR) is 111 cm³/mol. The SMILES string of the molecule is CC(=O)N1CCCC(S(=O)(=O)NC(=O)Nc2c(C(C)C)cc(F)cc2C(C)C)C1=O. The zero-order chi connectivity index (χ0) is 22.8. The molecule has 1 aromatic carbocycles. The molecule has 10 heteroatoms. The van der Waals surface area contributed by atoms with Gasteiger partial charge in [-0.25, -0.2) is 22.3 Å². The van der Waals surface area contributed by atoms with E-state index in [9.17, 15) is 27.2 Å². The van der Waals surface area contributed by atoms with Crippen LogP contribution in [0, 0.1) is 5.82 Å². The number of benzene rings is 1. The highest BCUT2D eigenvalue weighted by Gasteiger charge is 2.40. The molecule has 2 rings (SSSR count). The summed E-state index contributed by atoms with van der Waals surface area (Å²) in [6.07, 6.45) is 0.335. The molecule has 2 N–H and O–H groups in total. The summed E-state index contributed by atoms with van der Waals surface area (Å²) >= 11 is 0. The maximum absolute atomic E-state index is 14.0. The van der Waals surface area contributed by atoms with E-state index in [4.69, 9.17) is 0 Å². The molecule has 30 heavy (non-hydrogen) atoms. The minimum absolute atomic E-state index is 0.0102. The van der Waals surface area contributed by atoms with Gasteiger partial charge in [0, 0.05) is 19.2 Å². The molecule has 1 heterocycles. The summed E-state index contributed by atoms with van der Waals surface area (Å²) in [5.41, 5.74) is 1.40. The van der Waals surface area contributed by atoms with Crippen molar-refractivity contribution >= 4 is 33.6 Å². The maximum atomic E-state index is 14.0. The van der Waals surface area contributed by atoms with E-state index in [-0.39, 0.29) is 24.8 Å². The Morgan fingerprint density at radius 2 is 1.67 bits per heavy atom. The molecule has 0 spiro atoms. The number of hydrogen-bond acceptors (Lipinski definition) is 5. The minimum atomic E-state index is -4.37. The number of rotatable bonds is 5. The highest BCUT2D eigenvalue weighted by atomic mass is 32.2.